The van der Waals surface area contributed by atoms with Gasteiger partial charge in [0.2, 0.25) is 0 Å². The average molecular weight is 234 g/mol. The first-order valence-electron chi connectivity index (χ1n) is 6.18. The summed E-state index contributed by atoms with van der Waals surface area (Å²) in [4.78, 5) is 11.4. The Hall–Kier alpha value is -1.51. The summed E-state index contributed by atoms with van der Waals surface area (Å²) >= 11 is 0. The number of ether oxygens (including phenoxy) is 2. The Morgan fingerprint density at radius 2 is 1.76 bits per heavy atom. The largest absolute Gasteiger partial charge is 0.494 e. The van der Waals surface area contributed by atoms with Crippen LogP contribution in [0.3, 0.4) is 0 Å². The van der Waals surface area contributed by atoms with Gasteiger partial charge in [0.1, 0.15) is 18.1 Å². The van der Waals surface area contributed by atoms with E-state index in [2.05, 4.69) is 6.92 Å². The second-order valence-corrected chi connectivity index (χ2v) is 4.35. The van der Waals surface area contributed by atoms with Crippen molar-refractivity contribution >= 4 is 5.78 Å². The van der Waals surface area contributed by atoms with E-state index in [1.165, 1.54) is 0 Å². The average Bonchev–Trinajstić information content (AvgIpc) is 3.19. The van der Waals surface area contributed by atoms with E-state index in [0.717, 1.165) is 37.4 Å². The standard InChI is InChI=1S/C14H18O3/c1-2-9-16-12-5-7-13(8-6-12)17-10-14(15)11-3-4-11/h5-8,11H,2-4,9-10H2,1H3. The van der Waals surface area contributed by atoms with Crippen LogP contribution in [0.5, 0.6) is 11.5 Å². The molecule has 0 heterocycles. The minimum absolute atomic E-state index is 0.194. The second kappa shape index (κ2) is 5.71. The highest BCUT2D eigenvalue weighted by molar-refractivity contribution is 5.84. The predicted octanol–water partition coefficient (Wildman–Crippen LogP) is 2.83. The number of ketones is 1. The van der Waals surface area contributed by atoms with E-state index >= 15 is 0 Å². The van der Waals surface area contributed by atoms with Crippen LogP contribution in [0.25, 0.3) is 0 Å². The summed E-state index contributed by atoms with van der Waals surface area (Å²) in [7, 11) is 0. The molecule has 0 aromatic heterocycles. The molecule has 1 saturated carbocycles. The van der Waals surface area contributed by atoms with E-state index < -0.39 is 0 Å². The maximum atomic E-state index is 11.4. The Kier molecular flexibility index (Phi) is 4.02. The quantitative estimate of drug-likeness (QED) is 0.727. The number of hydrogen-bond donors (Lipinski definition) is 0. The summed E-state index contributed by atoms with van der Waals surface area (Å²) in [6.07, 6.45) is 3.06. The Morgan fingerprint density at radius 1 is 1.18 bits per heavy atom. The zero-order chi connectivity index (χ0) is 12.1. The van der Waals surface area contributed by atoms with Crippen molar-refractivity contribution in [1.82, 2.24) is 0 Å². The molecule has 0 unspecified atom stereocenters. The molecular formula is C14H18O3. The molecule has 0 aliphatic heterocycles. The number of carbonyl (C=O) groups excluding carboxylic acids is 1. The smallest absolute Gasteiger partial charge is 0.173 e. The maximum absolute atomic E-state index is 11.4. The van der Waals surface area contributed by atoms with Crippen molar-refractivity contribution in [3.05, 3.63) is 24.3 Å². The van der Waals surface area contributed by atoms with Crippen molar-refractivity contribution in [1.29, 1.82) is 0 Å². The topological polar surface area (TPSA) is 35.5 Å². The van der Waals surface area contributed by atoms with Crippen LogP contribution in [0.15, 0.2) is 24.3 Å². The zero-order valence-electron chi connectivity index (χ0n) is 10.1. The van der Waals surface area contributed by atoms with Crippen molar-refractivity contribution in [2.45, 2.75) is 26.2 Å². The molecule has 2 rings (SSSR count). The molecule has 3 nitrogen and oxygen atoms in total. The molecule has 0 radical (unpaired) electrons. The van der Waals surface area contributed by atoms with Crippen LogP contribution in [-0.2, 0) is 4.79 Å². The van der Waals surface area contributed by atoms with Crippen molar-refractivity contribution in [3.63, 3.8) is 0 Å². The van der Waals surface area contributed by atoms with Crippen LogP contribution in [0.2, 0.25) is 0 Å². The molecule has 1 aliphatic rings. The monoisotopic (exact) mass is 234 g/mol. The van der Waals surface area contributed by atoms with Crippen molar-refractivity contribution in [2.75, 3.05) is 13.2 Å². The molecule has 0 bridgehead atoms. The molecule has 0 spiro atoms. The molecular weight excluding hydrogens is 216 g/mol. The van der Waals surface area contributed by atoms with E-state index in [-0.39, 0.29) is 18.3 Å². The van der Waals surface area contributed by atoms with Gasteiger partial charge in [-0.2, -0.15) is 0 Å². The summed E-state index contributed by atoms with van der Waals surface area (Å²) < 4.78 is 10.9. The fraction of sp³-hybridized carbons (Fsp3) is 0.500. The molecule has 17 heavy (non-hydrogen) atoms. The van der Waals surface area contributed by atoms with Gasteiger partial charge < -0.3 is 9.47 Å². The lowest BCUT2D eigenvalue weighted by Crippen LogP contribution is -2.12. The number of carbonyl (C=O) groups is 1. The van der Waals surface area contributed by atoms with Gasteiger partial charge >= 0.3 is 0 Å². The minimum atomic E-state index is 0.194. The number of Topliss-reactive ketones (excluding diaryl/α,β-unsaturated/α-hetero) is 1. The van der Waals surface area contributed by atoms with E-state index in [0.29, 0.717) is 0 Å². The minimum Gasteiger partial charge on any atom is -0.494 e. The molecule has 92 valence electrons. The first-order valence-corrected chi connectivity index (χ1v) is 6.18. The van der Waals surface area contributed by atoms with E-state index in [4.69, 9.17) is 9.47 Å². The number of rotatable bonds is 7. The van der Waals surface area contributed by atoms with Crippen LogP contribution in [0.1, 0.15) is 26.2 Å². The Labute approximate surface area is 102 Å². The number of hydrogen-bond acceptors (Lipinski definition) is 3. The van der Waals surface area contributed by atoms with Crippen LogP contribution < -0.4 is 9.47 Å². The lowest BCUT2D eigenvalue weighted by atomic mass is 10.3. The predicted molar refractivity (Wildman–Crippen MR) is 65.5 cm³/mol. The van der Waals surface area contributed by atoms with Crippen LogP contribution >= 0.6 is 0 Å². The zero-order valence-corrected chi connectivity index (χ0v) is 10.1. The highest BCUT2D eigenvalue weighted by Gasteiger charge is 2.29. The number of benzene rings is 1. The Morgan fingerprint density at radius 3 is 2.29 bits per heavy atom. The third kappa shape index (κ3) is 3.77. The molecule has 0 saturated heterocycles. The normalized spacial score (nSPS) is 14.4. The highest BCUT2D eigenvalue weighted by Crippen LogP contribution is 2.30. The van der Waals surface area contributed by atoms with Crippen molar-refractivity contribution in [2.24, 2.45) is 5.92 Å². The van der Waals surface area contributed by atoms with Gasteiger partial charge in [-0.3, -0.25) is 4.79 Å². The highest BCUT2D eigenvalue weighted by atomic mass is 16.5. The van der Waals surface area contributed by atoms with E-state index in [1.807, 2.05) is 24.3 Å². The van der Waals surface area contributed by atoms with Crippen LogP contribution in [0, 0.1) is 5.92 Å². The third-order valence-electron chi connectivity index (χ3n) is 2.71. The van der Waals surface area contributed by atoms with Gasteiger partial charge in [0.25, 0.3) is 0 Å². The SMILES string of the molecule is CCCOc1ccc(OCC(=O)C2CC2)cc1. The fourth-order valence-electron chi connectivity index (χ4n) is 1.53. The first kappa shape index (κ1) is 12.0. The molecule has 0 amide bonds. The van der Waals surface area contributed by atoms with Crippen molar-refractivity contribution in [3.8, 4) is 11.5 Å². The molecule has 0 atom stereocenters. The van der Waals surface area contributed by atoms with Gasteiger partial charge in [-0.05, 0) is 43.5 Å². The van der Waals surface area contributed by atoms with Gasteiger partial charge in [-0.15, -0.1) is 0 Å². The Bertz CT molecular complexity index is 366. The van der Waals surface area contributed by atoms with Gasteiger partial charge in [-0.1, -0.05) is 6.92 Å². The second-order valence-electron chi connectivity index (χ2n) is 4.35. The van der Waals surface area contributed by atoms with Crippen LogP contribution in [0.4, 0.5) is 0 Å². The third-order valence-corrected chi connectivity index (χ3v) is 2.71. The van der Waals surface area contributed by atoms with Gasteiger partial charge in [0.15, 0.2) is 5.78 Å². The molecule has 1 aromatic rings. The first-order chi connectivity index (χ1) is 8.29. The van der Waals surface area contributed by atoms with E-state index in [1.54, 1.807) is 0 Å². The van der Waals surface area contributed by atoms with Crippen molar-refractivity contribution < 1.29 is 14.3 Å². The summed E-state index contributed by atoms with van der Waals surface area (Å²) in [5.41, 5.74) is 0. The molecule has 1 fully saturated rings. The lowest BCUT2D eigenvalue weighted by Gasteiger charge is -2.07. The van der Waals surface area contributed by atoms with Gasteiger partial charge in [0, 0.05) is 5.92 Å². The van der Waals surface area contributed by atoms with Crippen LogP contribution in [-0.4, -0.2) is 19.0 Å². The van der Waals surface area contributed by atoms with Gasteiger partial charge in [-0.25, -0.2) is 0 Å². The maximum Gasteiger partial charge on any atom is 0.173 e. The fourth-order valence-corrected chi connectivity index (χ4v) is 1.53. The molecule has 1 aliphatic carbocycles. The summed E-state index contributed by atoms with van der Waals surface area (Å²) in [5.74, 6) is 2.05. The van der Waals surface area contributed by atoms with E-state index in [9.17, 15) is 4.79 Å². The molecule has 1 aromatic carbocycles. The molecule has 0 N–H and O–H groups in total. The van der Waals surface area contributed by atoms with Gasteiger partial charge in [0.05, 0.1) is 6.61 Å². The molecule has 3 heteroatoms. The lowest BCUT2D eigenvalue weighted by molar-refractivity contribution is -0.122. The summed E-state index contributed by atoms with van der Waals surface area (Å²) in [6.45, 7) is 2.99. The summed E-state index contributed by atoms with van der Waals surface area (Å²) in [6, 6.07) is 7.41. The summed E-state index contributed by atoms with van der Waals surface area (Å²) in [5, 5.41) is 0. The Balaban J connectivity index is 1.78.